The van der Waals surface area contributed by atoms with Crippen LogP contribution in [0, 0.1) is 0 Å². The Morgan fingerprint density at radius 3 is 2.22 bits per heavy atom. The van der Waals surface area contributed by atoms with Crippen LogP contribution < -0.4 is 9.64 Å². The average Bonchev–Trinajstić information content (AvgIpc) is 2.93. The van der Waals surface area contributed by atoms with Crippen LogP contribution in [0.25, 0.3) is 0 Å². The van der Waals surface area contributed by atoms with Gasteiger partial charge >= 0.3 is 5.97 Å². The second-order valence-electron chi connectivity index (χ2n) is 6.63. The number of anilines is 1. The fraction of sp³-hybridized carbons (Fsp3) is 0.318. The average molecular weight is 365 g/mol. The number of esters is 1. The molecule has 1 heterocycles. The number of hydrogen-bond acceptors (Lipinski definition) is 4. The van der Waals surface area contributed by atoms with Gasteiger partial charge in [0.15, 0.2) is 0 Å². The highest BCUT2D eigenvalue weighted by atomic mass is 16.5. The summed E-state index contributed by atoms with van der Waals surface area (Å²) in [5.74, 6) is -0.696. The molecule has 2 amide bonds. The molecule has 0 fully saturated rings. The molecule has 0 bridgehead atoms. The number of rotatable bonds is 8. The molecule has 2 aromatic carbocycles. The van der Waals surface area contributed by atoms with Crippen LogP contribution in [-0.4, -0.2) is 17.8 Å². The van der Waals surface area contributed by atoms with Crippen LogP contribution in [0.5, 0.6) is 5.75 Å². The highest BCUT2D eigenvalue weighted by Crippen LogP contribution is 2.30. The topological polar surface area (TPSA) is 63.7 Å². The maximum Gasteiger partial charge on any atom is 0.311 e. The highest BCUT2D eigenvalue weighted by molar-refractivity contribution is 6.34. The van der Waals surface area contributed by atoms with E-state index in [1.54, 1.807) is 48.5 Å². The maximum absolute atomic E-state index is 12.6. The van der Waals surface area contributed by atoms with E-state index in [4.69, 9.17) is 4.74 Å². The monoisotopic (exact) mass is 365 g/mol. The van der Waals surface area contributed by atoms with Crippen LogP contribution in [0.3, 0.4) is 0 Å². The zero-order valence-electron chi connectivity index (χ0n) is 15.4. The number of unbranched alkanes of at least 4 members (excludes halogenated alkanes) is 4. The van der Waals surface area contributed by atoms with Crippen molar-refractivity contribution in [2.75, 3.05) is 4.90 Å². The van der Waals surface area contributed by atoms with Crippen molar-refractivity contribution in [3.05, 3.63) is 59.7 Å². The van der Waals surface area contributed by atoms with E-state index < -0.39 is 0 Å². The van der Waals surface area contributed by atoms with E-state index in [-0.39, 0.29) is 17.8 Å². The van der Waals surface area contributed by atoms with E-state index in [0.29, 0.717) is 29.0 Å². The number of carbonyl (C=O) groups is 3. The van der Waals surface area contributed by atoms with Crippen molar-refractivity contribution in [3.8, 4) is 5.75 Å². The van der Waals surface area contributed by atoms with Crippen molar-refractivity contribution in [1.29, 1.82) is 0 Å². The summed E-state index contributed by atoms with van der Waals surface area (Å²) in [5, 5.41) is 0. The molecule has 0 atom stereocenters. The van der Waals surface area contributed by atoms with Gasteiger partial charge in [-0.05, 0) is 30.7 Å². The van der Waals surface area contributed by atoms with Gasteiger partial charge in [-0.15, -0.1) is 0 Å². The number of fused-ring (bicyclic) bond motifs is 1. The number of nitrogens with zero attached hydrogens (tertiary/aromatic N) is 1. The molecule has 0 N–H and O–H groups in total. The number of carbonyl (C=O) groups excluding carboxylic acids is 3. The third-order valence-electron chi connectivity index (χ3n) is 4.59. The minimum absolute atomic E-state index is 0.300. The zero-order chi connectivity index (χ0) is 19.2. The van der Waals surface area contributed by atoms with Gasteiger partial charge in [0.2, 0.25) is 0 Å². The van der Waals surface area contributed by atoms with Gasteiger partial charge in [-0.2, -0.15) is 0 Å². The van der Waals surface area contributed by atoms with Crippen molar-refractivity contribution in [1.82, 2.24) is 0 Å². The fourth-order valence-electron chi connectivity index (χ4n) is 3.17. The van der Waals surface area contributed by atoms with E-state index in [9.17, 15) is 14.4 Å². The standard InChI is InChI=1S/C22H23NO4/c1-2-3-4-5-6-14-20(24)27-17-11-9-10-16(15-17)23-21(25)18-12-7-8-13-19(18)22(23)26/h7-13,15H,2-6,14H2,1H3. The Hall–Kier alpha value is -2.95. The molecule has 140 valence electrons. The molecular formula is C22H23NO4. The van der Waals surface area contributed by atoms with Gasteiger partial charge < -0.3 is 4.74 Å². The van der Waals surface area contributed by atoms with Crippen LogP contribution in [-0.2, 0) is 4.79 Å². The van der Waals surface area contributed by atoms with Crippen molar-refractivity contribution >= 4 is 23.5 Å². The molecule has 1 aliphatic rings. The lowest BCUT2D eigenvalue weighted by molar-refractivity contribution is -0.134. The molecule has 0 spiro atoms. The Bertz CT molecular complexity index is 824. The molecule has 27 heavy (non-hydrogen) atoms. The van der Waals surface area contributed by atoms with E-state index >= 15 is 0 Å². The number of hydrogen-bond donors (Lipinski definition) is 0. The summed E-state index contributed by atoms with van der Waals surface area (Å²) in [6.07, 6.45) is 5.64. The fourth-order valence-corrected chi connectivity index (χ4v) is 3.17. The van der Waals surface area contributed by atoms with E-state index in [2.05, 4.69) is 6.92 Å². The van der Waals surface area contributed by atoms with Gasteiger partial charge in [-0.3, -0.25) is 14.4 Å². The van der Waals surface area contributed by atoms with Crippen molar-refractivity contribution < 1.29 is 19.1 Å². The normalized spacial score (nSPS) is 13.0. The van der Waals surface area contributed by atoms with Gasteiger partial charge in [0.25, 0.3) is 11.8 Å². The smallest absolute Gasteiger partial charge is 0.311 e. The van der Waals surface area contributed by atoms with Crippen molar-refractivity contribution in [3.63, 3.8) is 0 Å². The molecule has 0 aliphatic carbocycles. The van der Waals surface area contributed by atoms with E-state index in [1.807, 2.05) is 0 Å². The van der Waals surface area contributed by atoms with Gasteiger partial charge in [0.05, 0.1) is 16.8 Å². The molecule has 0 saturated heterocycles. The Morgan fingerprint density at radius 2 is 1.56 bits per heavy atom. The minimum Gasteiger partial charge on any atom is -0.426 e. The molecule has 0 aromatic heterocycles. The summed E-state index contributed by atoms with van der Waals surface area (Å²) in [6.45, 7) is 2.15. The maximum atomic E-state index is 12.6. The van der Waals surface area contributed by atoms with Gasteiger partial charge in [0, 0.05) is 12.5 Å². The van der Waals surface area contributed by atoms with Crippen LogP contribution in [0.1, 0.15) is 66.2 Å². The van der Waals surface area contributed by atoms with Gasteiger partial charge in [-0.1, -0.05) is 50.8 Å². The molecule has 0 radical (unpaired) electrons. The van der Waals surface area contributed by atoms with Gasteiger partial charge in [0.1, 0.15) is 5.75 Å². The lowest BCUT2D eigenvalue weighted by Crippen LogP contribution is -2.29. The summed E-state index contributed by atoms with van der Waals surface area (Å²) < 4.78 is 5.38. The number of amides is 2. The molecule has 3 rings (SSSR count). The quantitative estimate of drug-likeness (QED) is 0.293. The molecule has 2 aromatic rings. The van der Waals surface area contributed by atoms with Crippen LogP contribution >= 0.6 is 0 Å². The summed E-state index contributed by atoms with van der Waals surface area (Å²) in [7, 11) is 0. The molecule has 0 unspecified atom stereocenters. The minimum atomic E-state index is -0.366. The first-order chi connectivity index (χ1) is 13.1. The van der Waals surface area contributed by atoms with Crippen LogP contribution in [0.2, 0.25) is 0 Å². The summed E-state index contributed by atoms with van der Waals surface area (Å²) in [6, 6.07) is 13.3. The Kier molecular flexibility index (Phi) is 6.01. The van der Waals surface area contributed by atoms with E-state index in [1.165, 1.54) is 6.42 Å². The molecule has 5 nitrogen and oxygen atoms in total. The zero-order valence-corrected chi connectivity index (χ0v) is 15.4. The predicted octanol–water partition coefficient (Wildman–Crippen LogP) is 4.75. The van der Waals surface area contributed by atoms with Crippen molar-refractivity contribution in [2.24, 2.45) is 0 Å². The lowest BCUT2D eigenvalue weighted by Gasteiger charge is -2.15. The second kappa shape index (κ2) is 8.62. The molecular weight excluding hydrogens is 342 g/mol. The Balaban J connectivity index is 1.65. The van der Waals surface area contributed by atoms with Crippen LogP contribution in [0.4, 0.5) is 5.69 Å². The molecule has 1 aliphatic heterocycles. The Morgan fingerprint density at radius 1 is 0.889 bits per heavy atom. The second-order valence-corrected chi connectivity index (χ2v) is 6.63. The predicted molar refractivity (Wildman–Crippen MR) is 103 cm³/mol. The van der Waals surface area contributed by atoms with Gasteiger partial charge in [-0.25, -0.2) is 4.90 Å². The largest absolute Gasteiger partial charge is 0.426 e. The summed E-state index contributed by atoms with van der Waals surface area (Å²) in [5.41, 5.74) is 1.17. The lowest BCUT2D eigenvalue weighted by atomic mass is 10.1. The summed E-state index contributed by atoms with van der Waals surface area (Å²) in [4.78, 5) is 38.3. The van der Waals surface area contributed by atoms with E-state index in [0.717, 1.165) is 30.6 Å². The third-order valence-corrected chi connectivity index (χ3v) is 4.59. The molecule has 5 heteroatoms. The number of imide groups is 1. The number of benzene rings is 2. The first kappa shape index (κ1) is 18.8. The Labute approximate surface area is 158 Å². The third kappa shape index (κ3) is 4.25. The number of ether oxygens (including phenoxy) is 1. The summed E-state index contributed by atoms with van der Waals surface area (Å²) >= 11 is 0. The molecule has 0 saturated carbocycles. The SMILES string of the molecule is CCCCCCCC(=O)Oc1cccc(N2C(=O)c3ccccc3C2=O)c1. The van der Waals surface area contributed by atoms with Crippen molar-refractivity contribution in [2.45, 2.75) is 45.4 Å². The van der Waals surface area contributed by atoms with Crippen LogP contribution in [0.15, 0.2) is 48.5 Å². The first-order valence-corrected chi connectivity index (χ1v) is 9.40. The first-order valence-electron chi connectivity index (χ1n) is 9.40. The highest BCUT2D eigenvalue weighted by Gasteiger charge is 2.36.